The number of nitrogens with zero attached hydrogens (tertiary/aromatic N) is 1. The van der Waals surface area contributed by atoms with E-state index in [4.69, 9.17) is 0 Å². The first-order valence-corrected chi connectivity index (χ1v) is 13.2. The Morgan fingerprint density at radius 3 is 1.47 bits per heavy atom. The van der Waals surface area contributed by atoms with E-state index in [1.165, 1.54) is 75.3 Å². The summed E-state index contributed by atoms with van der Waals surface area (Å²) in [6, 6.07) is 21.4. The lowest BCUT2D eigenvalue weighted by atomic mass is 10.0. The topological polar surface area (TPSA) is 23.5 Å². The second kappa shape index (κ2) is 16.9. The third-order valence-corrected chi connectivity index (χ3v) is 6.69. The van der Waals surface area contributed by atoms with Crippen LogP contribution in [-0.4, -0.2) is 22.2 Å². The molecular formula is C30H47NO. The maximum atomic E-state index is 10.9. The normalized spacial score (nSPS) is 13.4. The smallest absolute Gasteiger partial charge is 0.0693 e. The van der Waals surface area contributed by atoms with Gasteiger partial charge >= 0.3 is 0 Å². The lowest BCUT2D eigenvalue weighted by Crippen LogP contribution is -2.40. The Bertz CT molecular complexity index is 630. The van der Waals surface area contributed by atoms with Crippen molar-refractivity contribution in [2.75, 3.05) is 0 Å². The molecule has 0 aliphatic heterocycles. The second-order valence-corrected chi connectivity index (χ2v) is 9.51. The molecule has 0 fully saturated rings. The zero-order valence-electron chi connectivity index (χ0n) is 20.7. The van der Waals surface area contributed by atoms with E-state index in [0.717, 1.165) is 25.9 Å². The molecule has 1 N–H and O–H groups in total. The third-order valence-electron chi connectivity index (χ3n) is 6.69. The molecule has 2 aromatic carbocycles. The van der Waals surface area contributed by atoms with Crippen molar-refractivity contribution in [1.29, 1.82) is 0 Å². The highest BCUT2D eigenvalue weighted by Gasteiger charge is 2.22. The van der Waals surface area contributed by atoms with Crippen molar-refractivity contribution in [3.05, 3.63) is 71.8 Å². The Balaban J connectivity index is 1.70. The minimum Gasteiger partial charge on any atom is -0.392 e. The van der Waals surface area contributed by atoms with Crippen LogP contribution in [-0.2, 0) is 13.1 Å². The minimum absolute atomic E-state index is 0.138. The zero-order valence-corrected chi connectivity index (χ0v) is 20.7. The monoisotopic (exact) mass is 437 g/mol. The van der Waals surface area contributed by atoms with Crippen molar-refractivity contribution in [1.82, 2.24) is 4.90 Å². The highest BCUT2D eigenvalue weighted by atomic mass is 16.3. The molecule has 32 heavy (non-hydrogen) atoms. The van der Waals surface area contributed by atoms with Crippen molar-refractivity contribution in [3.8, 4) is 0 Å². The van der Waals surface area contributed by atoms with Gasteiger partial charge in [0, 0.05) is 19.1 Å². The number of aliphatic hydroxyl groups excluding tert-OH is 1. The van der Waals surface area contributed by atoms with Gasteiger partial charge in [0.05, 0.1) is 6.10 Å². The van der Waals surface area contributed by atoms with Crippen LogP contribution in [0.3, 0.4) is 0 Å². The summed E-state index contributed by atoms with van der Waals surface area (Å²) in [5, 5.41) is 10.9. The van der Waals surface area contributed by atoms with E-state index in [1.807, 2.05) is 0 Å². The Morgan fingerprint density at radius 2 is 1.03 bits per heavy atom. The Hall–Kier alpha value is -1.64. The molecule has 0 heterocycles. The molecule has 0 amide bonds. The van der Waals surface area contributed by atoms with Gasteiger partial charge in [-0.25, -0.2) is 0 Å². The SMILES string of the molecule is CCCCCCCCCCCCCC(O)C(C)N(Cc1ccccc1)Cc1ccccc1. The summed E-state index contributed by atoms with van der Waals surface area (Å²) >= 11 is 0. The van der Waals surface area contributed by atoms with E-state index in [2.05, 4.69) is 79.4 Å². The van der Waals surface area contributed by atoms with Crippen LogP contribution in [0.25, 0.3) is 0 Å². The van der Waals surface area contributed by atoms with E-state index in [1.54, 1.807) is 0 Å². The largest absolute Gasteiger partial charge is 0.392 e. The summed E-state index contributed by atoms with van der Waals surface area (Å²) in [6.45, 7) is 6.20. The van der Waals surface area contributed by atoms with Crippen molar-refractivity contribution in [2.24, 2.45) is 0 Å². The molecule has 2 aromatic rings. The maximum absolute atomic E-state index is 10.9. The molecule has 2 heteroatoms. The molecule has 0 spiro atoms. The average molecular weight is 438 g/mol. The van der Waals surface area contributed by atoms with Crippen molar-refractivity contribution in [2.45, 2.75) is 116 Å². The number of aliphatic hydroxyl groups is 1. The predicted molar refractivity (Wildman–Crippen MR) is 139 cm³/mol. The van der Waals surface area contributed by atoms with Gasteiger partial charge in [-0.3, -0.25) is 4.90 Å². The molecule has 0 saturated carbocycles. The van der Waals surface area contributed by atoms with Crippen molar-refractivity contribution >= 4 is 0 Å². The lowest BCUT2D eigenvalue weighted by Gasteiger charge is -2.32. The molecule has 0 saturated heterocycles. The standard InChI is InChI=1S/C30H47NO/c1-3-4-5-6-7-8-9-10-11-12-19-24-30(32)27(2)31(25-28-20-15-13-16-21-28)26-29-22-17-14-18-23-29/h13-18,20-23,27,30,32H,3-12,19,24-26H2,1-2H3. The number of unbranched alkanes of at least 4 members (excludes halogenated alkanes) is 10. The van der Waals surface area contributed by atoms with Gasteiger partial charge in [0.2, 0.25) is 0 Å². The van der Waals surface area contributed by atoms with Gasteiger partial charge in [-0.1, -0.05) is 138 Å². The molecule has 2 unspecified atom stereocenters. The van der Waals surface area contributed by atoms with Gasteiger partial charge in [-0.05, 0) is 24.5 Å². The molecule has 178 valence electrons. The van der Waals surface area contributed by atoms with Crippen molar-refractivity contribution in [3.63, 3.8) is 0 Å². The van der Waals surface area contributed by atoms with Gasteiger partial charge in [0.1, 0.15) is 0 Å². The van der Waals surface area contributed by atoms with E-state index < -0.39 is 0 Å². The molecule has 2 atom stereocenters. The number of hydrogen-bond donors (Lipinski definition) is 1. The quantitative estimate of drug-likeness (QED) is 0.238. The van der Waals surface area contributed by atoms with Gasteiger partial charge in [-0.15, -0.1) is 0 Å². The lowest BCUT2D eigenvalue weighted by molar-refractivity contribution is 0.0421. The van der Waals surface area contributed by atoms with E-state index in [0.29, 0.717) is 0 Å². The molecular weight excluding hydrogens is 390 g/mol. The van der Waals surface area contributed by atoms with E-state index >= 15 is 0 Å². The first-order chi connectivity index (χ1) is 15.7. The summed E-state index contributed by atoms with van der Waals surface area (Å²) in [5.74, 6) is 0. The summed E-state index contributed by atoms with van der Waals surface area (Å²) in [7, 11) is 0. The van der Waals surface area contributed by atoms with Crippen LogP contribution in [0, 0.1) is 0 Å². The van der Waals surface area contributed by atoms with Gasteiger partial charge in [-0.2, -0.15) is 0 Å². The number of benzene rings is 2. The molecule has 2 rings (SSSR count). The fourth-order valence-electron chi connectivity index (χ4n) is 4.48. The van der Waals surface area contributed by atoms with Crippen LogP contribution in [0.2, 0.25) is 0 Å². The molecule has 0 aliphatic carbocycles. The highest BCUT2D eigenvalue weighted by Crippen LogP contribution is 2.19. The first-order valence-electron chi connectivity index (χ1n) is 13.2. The predicted octanol–water partition coefficient (Wildman–Crippen LogP) is 8.14. The zero-order chi connectivity index (χ0) is 22.9. The minimum atomic E-state index is -0.277. The van der Waals surface area contributed by atoms with Crippen molar-refractivity contribution < 1.29 is 5.11 Å². The summed E-state index contributed by atoms with van der Waals surface area (Å²) in [6.07, 6.45) is 15.4. The van der Waals surface area contributed by atoms with Crippen LogP contribution in [0.5, 0.6) is 0 Å². The Morgan fingerprint density at radius 1 is 0.625 bits per heavy atom. The molecule has 2 nitrogen and oxygen atoms in total. The highest BCUT2D eigenvalue weighted by molar-refractivity contribution is 5.17. The van der Waals surface area contributed by atoms with Crippen LogP contribution in [0.15, 0.2) is 60.7 Å². The summed E-state index contributed by atoms with van der Waals surface area (Å²) in [4.78, 5) is 2.42. The maximum Gasteiger partial charge on any atom is 0.0693 e. The Kier molecular flexibility index (Phi) is 14.1. The van der Waals surface area contributed by atoms with Crippen LogP contribution < -0.4 is 0 Å². The fraction of sp³-hybridized carbons (Fsp3) is 0.600. The fourth-order valence-corrected chi connectivity index (χ4v) is 4.48. The van der Waals surface area contributed by atoms with E-state index in [9.17, 15) is 5.11 Å². The average Bonchev–Trinajstić information content (AvgIpc) is 2.83. The Labute approximate surface area is 198 Å². The van der Waals surface area contributed by atoms with Crippen LogP contribution in [0.4, 0.5) is 0 Å². The van der Waals surface area contributed by atoms with E-state index in [-0.39, 0.29) is 12.1 Å². The molecule has 0 aromatic heterocycles. The third kappa shape index (κ3) is 11.3. The summed E-state index contributed by atoms with van der Waals surface area (Å²) in [5.41, 5.74) is 2.61. The van der Waals surface area contributed by atoms with Crippen LogP contribution in [0.1, 0.15) is 102 Å². The second-order valence-electron chi connectivity index (χ2n) is 9.51. The molecule has 0 aliphatic rings. The van der Waals surface area contributed by atoms with Gasteiger partial charge in [0.25, 0.3) is 0 Å². The molecule has 0 radical (unpaired) electrons. The van der Waals surface area contributed by atoms with Gasteiger partial charge < -0.3 is 5.11 Å². The van der Waals surface area contributed by atoms with Crippen LogP contribution >= 0.6 is 0 Å². The molecule has 0 bridgehead atoms. The van der Waals surface area contributed by atoms with Gasteiger partial charge in [0.15, 0.2) is 0 Å². The number of hydrogen-bond acceptors (Lipinski definition) is 2. The number of rotatable bonds is 18. The summed E-state index contributed by atoms with van der Waals surface area (Å²) < 4.78 is 0. The first kappa shape index (κ1) is 26.6.